The molecule has 0 fully saturated rings. The van der Waals surface area contributed by atoms with Crippen molar-refractivity contribution in [2.75, 3.05) is 0 Å². The summed E-state index contributed by atoms with van der Waals surface area (Å²) in [5, 5.41) is 0. The van der Waals surface area contributed by atoms with Gasteiger partial charge in [0, 0.05) is 16.6 Å². The first-order valence-electron chi connectivity index (χ1n) is 6.92. The summed E-state index contributed by atoms with van der Waals surface area (Å²) in [6.07, 6.45) is 2.08. The summed E-state index contributed by atoms with van der Waals surface area (Å²) in [5.41, 5.74) is 3.34. The van der Waals surface area contributed by atoms with Crippen LogP contribution in [-0.2, 0) is 0 Å². The molecule has 1 aromatic carbocycles. The second-order valence-electron chi connectivity index (χ2n) is 5.02. The zero-order valence-corrected chi connectivity index (χ0v) is 12.5. The highest BCUT2D eigenvalue weighted by Gasteiger charge is 2.14. The maximum absolute atomic E-state index is 4.92. The van der Waals surface area contributed by atoms with Crippen LogP contribution in [0.25, 0.3) is 27.5 Å². The summed E-state index contributed by atoms with van der Waals surface area (Å²) in [6.45, 7) is 2.13. The van der Waals surface area contributed by atoms with Crippen LogP contribution in [0.4, 0.5) is 0 Å². The van der Waals surface area contributed by atoms with Crippen LogP contribution >= 0.6 is 11.3 Å². The quantitative estimate of drug-likeness (QED) is 0.505. The molecule has 102 valence electrons. The van der Waals surface area contributed by atoms with Crippen molar-refractivity contribution in [3.05, 3.63) is 71.7 Å². The number of rotatable bonds is 2. The number of hydrogen-bond acceptors (Lipinski definition) is 2. The molecule has 0 N–H and O–H groups in total. The van der Waals surface area contributed by atoms with E-state index in [2.05, 4.69) is 66.1 Å². The smallest absolute Gasteiger partial charge is 0.155 e. The molecule has 0 aliphatic rings. The Balaban J connectivity index is 2.01. The standard InChI is InChI=1S/C18H14N2S/c1-13-10-11-16(21-13)18-19-17(14-7-3-2-4-8-14)15-9-5-6-12-20(15)18/h2-12H,1H3. The SMILES string of the molecule is Cc1ccc(-c2nc(-c3ccccc3)c3ccccn23)s1. The zero-order chi connectivity index (χ0) is 14.2. The van der Waals surface area contributed by atoms with Gasteiger partial charge in [0.15, 0.2) is 5.82 Å². The average molecular weight is 290 g/mol. The Morgan fingerprint density at radius 2 is 1.71 bits per heavy atom. The molecule has 3 heteroatoms. The lowest BCUT2D eigenvalue weighted by molar-refractivity contribution is 1.17. The van der Waals surface area contributed by atoms with Gasteiger partial charge in [-0.05, 0) is 31.2 Å². The third-order valence-corrected chi connectivity index (χ3v) is 4.55. The van der Waals surface area contributed by atoms with E-state index in [9.17, 15) is 0 Å². The maximum Gasteiger partial charge on any atom is 0.155 e. The number of hydrogen-bond donors (Lipinski definition) is 0. The second-order valence-corrected chi connectivity index (χ2v) is 6.30. The lowest BCUT2D eigenvalue weighted by Gasteiger charge is -1.98. The first-order valence-corrected chi connectivity index (χ1v) is 7.74. The van der Waals surface area contributed by atoms with E-state index in [-0.39, 0.29) is 0 Å². The van der Waals surface area contributed by atoms with Gasteiger partial charge in [-0.15, -0.1) is 11.3 Å². The molecule has 0 aliphatic carbocycles. The molecule has 2 nitrogen and oxygen atoms in total. The van der Waals surface area contributed by atoms with Crippen molar-refractivity contribution in [2.24, 2.45) is 0 Å². The monoisotopic (exact) mass is 290 g/mol. The molecular weight excluding hydrogens is 276 g/mol. The van der Waals surface area contributed by atoms with E-state index < -0.39 is 0 Å². The van der Waals surface area contributed by atoms with Crippen LogP contribution in [0.15, 0.2) is 66.9 Å². The Bertz CT molecular complexity index is 903. The molecule has 0 saturated heterocycles. The van der Waals surface area contributed by atoms with Gasteiger partial charge in [-0.2, -0.15) is 0 Å². The predicted molar refractivity (Wildman–Crippen MR) is 88.7 cm³/mol. The van der Waals surface area contributed by atoms with Crippen LogP contribution < -0.4 is 0 Å². The van der Waals surface area contributed by atoms with Crippen molar-refractivity contribution in [3.63, 3.8) is 0 Å². The van der Waals surface area contributed by atoms with Gasteiger partial charge in [-0.3, -0.25) is 4.40 Å². The molecule has 21 heavy (non-hydrogen) atoms. The van der Waals surface area contributed by atoms with Gasteiger partial charge >= 0.3 is 0 Å². The molecular formula is C18H14N2S. The van der Waals surface area contributed by atoms with Gasteiger partial charge in [0.05, 0.1) is 16.1 Å². The normalized spacial score (nSPS) is 11.1. The number of nitrogens with zero attached hydrogens (tertiary/aromatic N) is 2. The number of aromatic nitrogens is 2. The molecule has 0 radical (unpaired) electrons. The van der Waals surface area contributed by atoms with Gasteiger partial charge in [0.25, 0.3) is 0 Å². The summed E-state index contributed by atoms with van der Waals surface area (Å²) in [4.78, 5) is 7.43. The number of fused-ring (bicyclic) bond motifs is 1. The van der Waals surface area contributed by atoms with Crippen molar-refractivity contribution >= 4 is 16.9 Å². The van der Waals surface area contributed by atoms with Gasteiger partial charge < -0.3 is 0 Å². The highest BCUT2D eigenvalue weighted by molar-refractivity contribution is 7.15. The second kappa shape index (κ2) is 4.86. The van der Waals surface area contributed by atoms with Gasteiger partial charge in [0.2, 0.25) is 0 Å². The molecule has 0 bridgehead atoms. The fourth-order valence-electron chi connectivity index (χ4n) is 2.57. The highest BCUT2D eigenvalue weighted by Crippen LogP contribution is 2.32. The van der Waals surface area contributed by atoms with Crippen molar-refractivity contribution in [1.82, 2.24) is 9.38 Å². The van der Waals surface area contributed by atoms with E-state index in [0.29, 0.717) is 0 Å². The van der Waals surface area contributed by atoms with Crippen molar-refractivity contribution in [2.45, 2.75) is 6.92 Å². The van der Waals surface area contributed by atoms with E-state index in [4.69, 9.17) is 4.98 Å². The van der Waals surface area contributed by atoms with E-state index in [1.165, 1.54) is 9.75 Å². The van der Waals surface area contributed by atoms with Crippen molar-refractivity contribution < 1.29 is 0 Å². The van der Waals surface area contributed by atoms with Gasteiger partial charge in [-0.1, -0.05) is 36.4 Å². The number of imidazole rings is 1. The topological polar surface area (TPSA) is 17.3 Å². The first kappa shape index (κ1) is 12.4. The molecule has 0 saturated carbocycles. The summed E-state index contributed by atoms with van der Waals surface area (Å²) in [6, 6.07) is 20.9. The molecule has 4 rings (SSSR count). The average Bonchev–Trinajstić information content (AvgIpc) is 3.12. The Morgan fingerprint density at radius 1 is 0.905 bits per heavy atom. The molecule has 0 atom stereocenters. The number of pyridine rings is 1. The van der Waals surface area contributed by atoms with Gasteiger partial charge in [0.1, 0.15) is 0 Å². The van der Waals surface area contributed by atoms with E-state index in [1.54, 1.807) is 11.3 Å². The summed E-state index contributed by atoms with van der Waals surface area (Å²) in [7, 11) is 0. The number of aryl methyl sites for hydroxylation is 1. The predicted octanol–water partition coefficient (Wildman–Crippen LogP) is 5.04. The highest BCUT2D eigenvalue weighted by atomic mass is 32.1. The molecule has 3 aromatic heterocycles. The fraction of sp³-hybridized carbons (Fsp3) is 0.0556. The minimum atomic E-state index is 1.02. The Hall–Kier alpha value is -2.39. The van der Waals surface area contributed by atoms with Crippen LogP contribution in [0.5, 0.6) is 0 Å². The third-order valence-electron chi connectivity index (χ3n) is 3.56. The minimum Gasteiger partial charge on any atom is -0.298 e. The van der Waals surface area contributed by atoms with Gasteiger partial charge in [-0.25, -0.2) is 4.98 Å². The van der Waals surface area contributed by atoms with E-state index in [1.807, 2.05) is 12.1 Å². The zero-order valence-electron chi connectivity index (χ0n) is 11.7. The maximum atomic E-state index is 4.92. The number of thiophene rings is 1. The molecule has 0 amide bonds. The van der Waals surface area contributed by atoms with Crippen LogP contribution in [0, 0.1) is 6.92 Å². The molecule has 0 aliphatic heterocycles. The lowest BCUT2D eigenvalue weighted by atomic mass is 10.1. The van der Waals surface area contributed by atoms with Crippen molar-refractivity contribution in [3.8, 4) is 22.0 Å². The third kappa shape index (κ3) is 2.06. The minimum absolute atomic E-state index is 1.02. The molecule has 0 unspecified atom stereocenters. The molecule has 3 heterocycles. The Kier molecular flexibility index (Phi) is 2.86. The van der Waals surface area contributed by atoms with E-state index >= 15 is 0 Å². The fourth-order valence-corrected chi connectivity index (χ4v) is 3.43. The Labute approximate surface area is 127 Å². The lowest BCUT2D eigenvalue weighted by Crippen LogP contribution is -1.85. The van der Waals surface area contributed by atoms with Crippen molar-refractivity contribution in [1.29, 1.82) is 0 Å². The largest absolute Gasteiger partial charge is 0.298 e. The van der Waals surface area contributed by atoms with Crippen LogP contribution in [0.1, 0.15) is 4.88 Å². The summed E-state index contributed by atoms with van der Waals surface area (Å²) in [5.74, 6) is 1.02. The van der Waals surface area contributed by atoms with Crippen LogP contribution in [0.3, 0.4) is 0 Å². The van der Waals surface area contributed by atoms with Crippen LogP contribution in [-0.4, -0.2) is 9.38 Å². The molecule has 0 spiro atoms. The summed E-state index contributed by atoms with van der Waals surface area (Å²) >= 11 is 1.78. The van der Waals surface area contributed by atoms with E-state index in [0.717, 1.165) is 22.6 Å². The number of benzene rings is 1. The summed E-state index contributed by atoms with van der Waals surface area (Å²) < 4.78 is 2.17. The Morgan fingerprint density at radius 3 is 2.48 bits per heavy atom. The molecule has 4 aromatic rings. The first-order chi connectivity index (χ1) is 10.3. The van der Waals surface area contributed by atoms with Crippen LogP contribution in [0.2, 0.25) is 0 Å².